The van der Waals surface area contributed by atoms with Gasteiger partial charge in [-0.15, -0.1) is 0 Å². The van der Waals surface area contributed by atoms with Crippen LogP contribution in [0.4, 0.5) is 4.79 Å². The topological polar surface area (TPSA) is 51.4 Å². The minimum atomic E-state index is -0.0221. The van der Waals surface area contributed by atoms with Crippen molar-refractivity contribution < 1.29 is 4.79 Å². The third-order valence-electron chi connectivity index (χ3n) is 5.70. The Kier molecular flexibility index (Phi) is 4.45. The van der Waals surface area contributed by atoms with Gasteiger partial charge in [-0.05, 0) is 50.6 Å². The molecule has 0 unspecified atom stereocenters. The largest absolute Gasteiger partial charge is 0.361 e. The van der Waals surface area contributed by atoms with Crippen LogP contribution in [0.25, 0.3) is 16.5 Å². The van der Waals surface area contributed by atoms with Gasteiger partial charge >= 0.3 is 6.03 Å². The summed E-state index contributed by atoms with van der Waals surface area (Å²) in [6.07, 6.45) is 5.28. The molecule has 1 aromatic carbocycles. The van der Waals surface area contributed by atoms with Crippen molar-refractivity contribution in [3.63, 3.8) is 0 Å². The molecule has 1 aliphatic carbocycles. The zero-order valence-electron chi connectivity index (χ0n) is 15.5. The lowest BCUT2D eigenvalue weighted by Crippen LogP contribution is -2.52. The van der Waals surface area contributed by atoms with Gasteiger partial charge in [0.1, 0.15) is 0 Å². The molecule has 5 nitrogen and oxygen atoms in total. The van der Waals surface area contributed by atoms with Crippen LogP contribution in [0.15, 0.2) is 24.4 Å². The zero-order valence-corrected chi connectivity index (χ0v) is 16.2. The molecule has 0 saturated carbocycles. The Morgan fingerprint density at radius 2 is 2.15 bits per heavy atom. The molecule has 0 saturated heterocycles. The first-order valence-electron chi connectivity index (χ1n) is 9.29. The average Bonchev–Trinajstić information content (AvgIpc) is 3.02. The predicted octanol–water partition coefficient (Wildman–Crippen LogP) is 3.49. The van der Waals surface area contributed by atoms with Crippen LogP contribution in [0.5, 0.6) is 0 Å². The number of hydrogen-bond donors (Lipinski definition) is 2. The van der Waals surface area contributed by atoms with Crippen molar-refractivity contribution in [1.29, 1.82) is 0 Å². The van der Waals surface area contributed by atoms with Crippen LogP contribution in [0.3, 0.4) is 0 Å². The number of aromatic amines is 1. The summed E-state index contributed by atoms with van der Waals surface area (Å²) < 4.78 is 0. The molecular weight excluding hydrogens is 348 g/mol. The molecule has 2 heterocycles. The minimum absolute atomic E-state index is 0.00820. The van der Waals surface area contributed by atoms with Crippen molar-refractivity contribution in [2.24, 2.45) is 0 Å². The quantitative estimate of drug-likeness (QED) is 0.866. The van der Waals surface area contributed by atoms with Gasteiger partial charge in [-0.25, -0.2) is 4.79 Å². The van der Waals surface area contributed by atoms with Gasteiger partial charge in [-0.2, -0.15) is 0 Å². The normalized spacial score (nSPS) is 22.1. The Bertz CT molecular complexity index is 883. The summed E-state index contributed by atoms with van der Waals surface area (Å²) in [5.41, 5.74) is 4.78. The third-order valence-corrected chi connectivity index (χ3v) is 6.01. The fourth-order valence-electron chi connectivity index (χ4n) is 4.34. The van der Waals surface area contributed by atoms with E-state index in [9.17, 15) is 4.79 Å². The van der Waals surface area contributed by atoms with Crippen LogP contribution in [0.1, 0.15) is 25.0 Å². The zero-order chi connectivity index (χ0) is 18.4. The molecule has 138 valence electrons. The molecule has 2 amide bonds. The van der Waals surface area contributed by atoms with Gasteiger partial charge in [0.25, 0.3) is 0 Å². The van der Waals surface area contributed by atoms with E-state index in [1.807, 2.05) is 30.9 Å². The average molecular weight is 373 g/mol. The fourth-order valence-corrected chi connectivity index (χ4v) is 4.61. The first-order chi connectivity index (χ1) is 12.5. The number of amides is 2. The third kappa shape index (κ3) is 2.70. The molecule has 2 aromatic rings. The maximum absolute atomic E-state index is 12.5. The molecule has 4 rings (SSSR count). The smallest absolute Gasteiger partial charge is 0.317 e. The molecule has 2 aliphatic rings. The highest BCUT2D eigenvalue weighted by molar-refractivity contribution is 6.34. The number of carbonyl (C=O) groups excluding carboxylic acids is 1. The van der Waals surface area contributed by atoms with Crippen molar-refractivity contribution in [3.05, 3.63) is 40.6 Å². The fraction of sp³-hybridized carbons (Fsp3) is 0.450. The van der Waals surface area contributed by atoms with Crippen LogP contribution in [0, 0.1) is 0 Å². The lowest BCUT2D eigenvalue weighted by molar-refractivity contribution is 0.193. The van der Waals surface area contributed by atoms with Crippen LogP contribution < -0.4 is 5.32 Å². The summed E-state index contributed by atoms with van der Waals surface area (Å²) in [6.45, 7) is 6.22. The van der Waals surface area contributed by atoms with E-state index in [0.29, 0.717) is 19.1 Å². The van der Waals surface area contributed by atoms with E-state index < -0.39 is 0 Å². The van der Waals surface area contributed by atoms with E-state index >= 15 is 0 Å². The van der Waals surface area contributed by atoms with Crippen LogP contribution in [-0.4, -0.2) is 59.6 Å². The van der Waals surface area contributed by atoms with Gasteiger partial charge < -0.3 is 15.2 Å². The number of halogens is 1. The summed E-state index contributed by atoms with van der Waals surface area (Å²) in [4.78, 5) is 20.0. The van der Waals surface area contributed by atoms with Crippen LogP contribution in [-0.2, 0) is 6.42 Å². The Morgan fingerprint density at radius 1 is 1.38 bits per heavy atom. The number of rotatable bonds is 3. The molecule has 0 spiro atoms. The van der Waals surface area contributed by atoms with Gasteiger partial charge in [-0.1, -0.05) is 17.7 Å². The van der Waals surface area contributed by atoms with Crippen molar-refractivity contribution in [2.75, 3.05) is 26.7 Å². The molecule has 2 N–H and O–H groups in total. The highest BCUT2D eigenvalue weighted by Crippen LogP contribution is 2.43. The van der Waals surface area contributed by atoms with E-state index in [-0.39, 0.29) is 12.1 Å². The second kappa shape index (κ2) is 6.63. The molecule has 0 bridgehead atoms. The lowest BCUT2D eigenvalue weighted by atomic mass is 9.81. The number of fused-ring (bicyclic) bond motifs is 2. The number of carbonyl (C=O) groups is 1. The summed E-state index contributed by atoms with van der Waals surface area (Å²) >= 11 is 6.61. The summed E-state index contributed by atoms with van der Waals surface area (Å²) in [5.74, 6) is 0. The monoisotopic (exact) mass is 372 g/mol. The van der Waals surface area contributed by atoms with Gasteiger partial charge in [0.15, 0.2) is 0 Å². The highest BCUT2D eigenvalue weighted by Gasteiger charge is 2.35. The van der Waals surface area contributed by atoms with Crippen molar-refractivity contribution in [1.82, 2.24) is 20.1 Å². The molecular formula is C20H25ClN4O. The number of benzene rings is 1. The van der Waals surface area contributed by atoms with E-state index in [2.05, 4.69) is 34.5 Å². The predicted molar refractivity (Wildman–Crippen MR) is 107 cm³/mol. The molecule has 0 radical (unpaired) electrons. The molecule has 2 atom stereocenters. The first-order valence-corrected chi connectivity index (χ1v) is 9.67. The van der Waals surface area contributed by atoms with Crippen molar-refractivity contribution in [2.45, 2.75) is 32.4 Å². The maximum Gasteiger partial charge on any atom is 0.317 e. The lowest BCUT2D eigenvalue weighted by Gasteiger charge is -2.40. The highest BCUT2D eigenvalue weighted by atomic mass is 35.5. The van der Waals surface area contributed by atoms with Crippen LogP contribution in [0.2, 0.25) is 5.02 Å². The summed E-state index contributed by atoms with van der Waals surface area (Å²) in [7, 11) is 2.12. The van der Waals surface area contributed by atoms with Gasteiger partial charge in [0, 0.05) is 53.4 Å². The molecule has 6 heteroatoms. The Labute approximate surface area is 159 Å². The molecule has 0 fully saturated rings. The number of aromatic nitrogens is 1. The van der Waals surface area contributed by atoms with Gasteiger partial charge in [0.05, 0.1) is 6.04 Å². The molecule has 1 aliphatic heterocycles. The van der Waals surface area contributed by atoms with E-state index in [0.717, 1.165) is 29.1 Å². The maximum atomic E-state index is 12.5. The van der Waals surface area contributed by atoms with E-state index in [1.165, 1.54) is 16.5 Å². The van der Waals surface area contributed by atoms with Crippen molar-refractivity contribution >= 4 is 34.1 Å². The molecule has 1 aromatic heterocycles. The first kappa shape index (κ1) is 17.4. The van der Waals surface area contributed by atoms with E-state index in [4.69, 9.17) is 11.6 Å². The summed E-state index contributed by atoms with van der Waals surface area (Å²) in [5, 5.41) is 5.17. The SMILES string of the molecule is CCN(CC)C(=O)N[C@H]1C=C2c3c(Cl)ccc4[nH]cc(c34)C[C@H]2N(C)C1. The van der Waals surface area contributed by atoms with Gasteiger partial charge in [-0.3, -0.25) is 4.90 Å². The number of nitrogens with one attached hydrogen (secondary N) is 2. The second-order valence-corrected chi connectivity index (χ2v) is 7.58. The number of nitrogens with zero attached hydrogens (tertiary/aromatic N) is 2. The number of likely N-dealkylation sites (N-methyl/N-ethyl adjacent to an activating group) is 1. The van der Waals surface area contributed by atoms with Crippen molar-refractivity contribution in [3.8, 4) is 0 Å². The standard InChI is InChI=1S/C20H25ClN4O/c1-4-25(5-2)20(26)23-13-9-14-17(24(3)11-13)8-12-10-22-16-7-6-15(21)19(14)18(12)16/h6-7,9-10,13,17,22H,4-5,8,11H2,1-3H3,(H,23,26)/t13-,17+/m0/s1. The van der Waals surface area contributed by atoms with Crippen LogP contribution >= 0.6 is 11.6 Å². The number of hydrogen-bond acceptors (Lipinski definition) is 2. The number of H-pyrrole nitrogens is 1. The minimum Gasteiger partial charge on any atom is -0.361 e. The van der Waals surface area contributed by atoms with E-state index in [1.54, 1.807) is 0 Å². The Balaban J connectivity index is 1.73. The Morgan fingerprint density at radius 3 is 2.88 bits per heavy atom. The van der Waals surface area contributed by atoms with Gasteiger partial charge in [0.2, 0.25) is 0 Å². The number of urea groups is 1. The second-order valence-electron chi connectivity index (χ2n) is 7.17. The summed E-state index contributed by atoms with van der Waals surface area (Å²) in [6, 6.07) is 4.26. The molecule has 26 heavy (non-hydrogen) atoms. The Hall–Kier alpha value is -1.98.